The molecular formula is C18H19NO3. The highest BCUT2D eigenvalue weighted by Crippen LogP contribution is 2.16. The summed E-state index contributed by atoms with van der Waals surface area (Å²) in [7, 11) is 1.32. The number of amides is 1. The Hall–Kier alpha value is -2.62. The number of benzene rings is 2. The van der Waals surface area contributed by atoms with Crippen LogP contribution in [0.5, 0.6) is 0 Å². The summed E-state index contributed by atoms with van der Waals surface area (Å²) in [6.45, 7) is 1.67. The SMILES string of the molecule is COC(=O)C(C)(Cc1ccccc1)NC(=O)c1ccccc1. The largest absolute Gasteiger partial charge is 0.467 e. The van der Waals surface area contributed by atoms with E-state index in [1.165, 1.54) is 7.11 Å². The van der Waals surface area contributed by atoms with Crippen LogP contribution in [0.1, 0.15) is 22.8 Å². The highest BCUT2D eigenvalue weighted by Gasteiger charge is 2.36. The maximum Gasteiger partial charge on any atom is 0.331 e. The third-order valence-electron chi connectivity index (χ3n) is 3.46. The summed E-state index contributed by atoms with van der Waals surface area (Å²) in [5.41, 5.74) is 0.331. The van der Waals surface area contributed by atoms with Gasteiger partial charge in [-0.15, -0.1) is 0 Å². The molecule has 2 aromatic rings. The number of rotatable bonds is 5. The zero-order valence-corrected chi connectivity index (χ0v) is 12.7. The van der Waals surface area contributed by atoms with Crippen LogP contribution in [-0.4, -0.2) is 24.5 Å². The molecule has 1 N–H and O–H groups in total. The third kappa shape index (κ3) is 3.73. The zero-order valence-electron chi connectivity index (χ0n) is 12.7. The summed E-state index contributed by atoms with van der Waals surface area (Å²) in [5, 5.41) is 2.80. The Morgan fingerprint density at radius 2 is 1.55 bits per heavy atom. The minimum absolute atomic E-state index is 0.301. The number of hydrogen-bond donors (Lipinski definition) is 1. The maximum absolute atomic E-state index is 12.4. The van der Waals surface area contributed by atoms with E-state index in [9.17, 15) is 9.59 Å². The molecule has 0 aromatic heterocycles. The average molecular weight is 297 g/mol. The van der Waals surface area contributed by atoms with Crippen LogP contribution in [0.25, 0.3) is 0 Å². The highest BCUT2D eigenvalue weighted by molar-refractivity contribution is 5.98. The van der Waals surface area contributed by atoms with Crippen LogP contribution < -0.4 is 5.32 Å². The molecule has 4 heteroatoms. The standard InChI is InChI=1S/C18H19NO3/c1-18(17(21)22-2,13-14-9-5-3-6-10-14)19-16(20)15-11-7-4-8-12-15/h3-12H,13H2,1-2H3,(H,19,20). The predicted octanol–water partition coefficient (Wildman–Crippen LogP) is 2.59. The van der Waals surface area contributed by atoms with Gasteiger partial charge in [0.1, 0.15) is 5.54 Å². The van der Waals surface area contributed by atoms with E-state index in [4.69, 9.17) is 4.74 Å². The molecule has 22 heavy (non-hydrogen) atoms. The van der Waals surface area contributed by atoms with E-state index in [2.05, 4.69) is 5.32 Å². The molecule has 4 nitrogen and oxygen atoms in total. The second-order valence-electron chi connectivity index (χ2n) is 5.31. The van der Waals surface area contributed by atoms with Crippen molar-refractivity contribution in [1.29, 1.82) is 0 Å². The van der Waals surface area contributed by atoms with Gasteiger partial charge in [0, 0.05) is 12.0 Å². The van der Waals surface area contributed by atoms with Crippen molar-refractivity contribution in [3.8, 4) is 0 Å². The number of ether oxygens (including phenoxy) is 1. The number of methoxy groups -OCH3 is 1. The van der Waals surface area contributed by atoms with Crippen molar-refractivity contribution < 1.29 is 14.3 Å². The minimum Gasteiger partial charge on any atom is -0.467 e. The van der Waals surface area contributed by atoms with Crippen molar-refractivity contribution in [3.63, 3.8) is 0 Å². The fourth-order valence-corrected chi connectivity index (χ4v) is 2.31. The predicted molar refractivity (Wildman–Crippen MR) is 84.5 cm³/mol. The number of carbonyl (C=O) groups is 2. The van der Waals surface area contributed by atoms with Crippen molar-refractivity contribution >= 4 is 11.9 Å². The van der Waals surface area contributed by atoms with Gasteiger partial charge in [-0.25, -0.2) is 4.79 Å². The minimum atomic E-state index is -1.12. The normalized spacial score (nSPS) is 13.0. The quantitative estimate of drug-likeness (QED) is 0.863. The molecule has 0 saturated heterocycles. The number of carbonyl (C=O) groups excluding carboxylic acids is 2. The van der Waals surface area contributed by atoms with Crippen LogP contribution in [0.3, 0.4) is 0 Å². The summed E-state index contributed by atoms with van der Waals surface area (Å²) in [4.78, 5) is 24.5. The lowest BCUT2D eigenvalue weighted by molar-refractivity contribution is -0.147. The van der Waals surface area contributed by atoms with E-state index in [-0.39, 0.29) is 5.91 Å². The van der Waals surface area contributed by atoms with E-state index in [0.29, 0.717) is 12.0 Å². The van der Waals surface area contributed by atoms with Crippen LogP contribution in [0.4, 0.5) is 0 Å². The molecule has 2 rings (SSSR count). The number of hydrogen-bond acceptors (Lipinski definition) is 3. The molecular weight excluding hydrogens is 278 g/mol. The topological polar surface area (TPSA) is 55.4 Å². The van der Waals surface area contributed by atoms with Gasteiger partial charge in [0.05, 0.1) is 7.11 Å². The average Bonchev–Trinajstić information content (AvgIpc) is 2.55. The fourth-order valence-electron chi connectivity index (χ4n) is 2.31. The Bertz CT molecular complexity index is 640. The fraction of sp³-hybridized carbons (Fsp3) is 0.222. The Kier molecular flexibility index (Phi) is 4.94. The Morgan fingerprint density at radius 3 is 2.09 bits per heavy atom. The van der Waals surface area contributed by atoms with E-state index in [1.807, 2.05) is 36.4 Å². The second kappa shape index (κ2) is 6.89. The van der Waals surface area contributed by atoms with Gasteiger partial charge in [0.15, 0.2) is 0 Å². The van der Waals surface area contributed by atoms with E-state index in [1.54, 1.807) is 31.2 Å². The molecule has 1 unspecified atom stereocenters. The molecule has 1 amide bonds. The van der Waals surface area contributed by atoms with Gasteiger partial charge in [-0.2, -0.15) is 0 Å². The molecule has 0 aliphatic heterocycles. The summed E-state index contributed by atoms with van der Waals surface area (Å²) in [5.74, 6) is -0.773. The van der Waals surface area contributed by atoms with Crippen molar-refractivity contribution in [2.75, 3.05) is 7.11 Å². The monoisotopic (exact) mass is 297 g/mol. The van der Waals surface area contributed by atoms with Crippen molar-refractivity contribution in [1.82, 2.24) is 5.32 Å². The first-order valence-corrected chi connectivity index (χ1v) is 7.05. The van der Waals surface area contributed by atoms with E-state index < -0.39 is 11.5 Å². The lowest BCUT2D eigenvalue weighted by Crippen LogP contribution is -2.54. The smallest absolute Gasteiger partial charge is 0.331 e. The number of esters is 1. The molecule has 0 bridgehead atoms. The van der Waals surface area contributed by atoms with Crippen LogP contribution in [0, 0.1) is 0 Å². The van der Waals surface area contributed by atoms with E-state index in [0.717, 1.165) is 5.56 Å². The Labute approximate surface area is 130 Å². The van der Waals surface area contributed by atoms with Gasteiger partial charge in [0.25, 0.3) is 5.91 Å². The maximum atomic E-state index is 12.4. The Balaban J connectivity index is 2.22. The molecule has 0 aliphatic carbocycles. The van der Waals surface area contributed by atoms with Crippen LogP contribution in [0.15, 0.2) is 60.7 Å². The summed E-state index contributed by atoms with van der Waals surface area (Å²) in [6.07, 6.45) is 0.360. The van der Waals surface area contributed by atoms with Crippen LogP contribution in [0.2, 0.25) is 0 Å². The van der Waals surface area contributed by atoms with Gasteiger partial charge in [-0.3, -0.25) is 4.79 Å². The molecule has 0 fully saturated rings. The molecule has 0 spiro atoms. The Morgan fingerprint density at radius 1 is 1.00 bits per heavy atom. The van der Waals surface area contributed by atoms with Gasteiger partial charge < -0.3 is 10.1 Å². The van der Waals surface area contributed by atoms with Gasteiger partial charge >= 0.3 is 5.97 Å². The molecule has 0 heterocycles. The summed E-state index contributed by atoms with van der Waals surface area (Å²) in [6, 6.07) is 18.3. The number of nitrogens with one attached hydrogen (secondary N) is 1. The molecule has 1 atom stereocenters. The van der Waals surface area contributed by atoms with Crippen molar-refractivity contribution in [2.24, 2.45) is 0 Å². The molecule has 0 radical (unpaired) electrons. The van der Waals surface area contributed by atoms with Crippen molar-refractivity contribution in [2.45, 2.75) is 18.9 Å². The summed E-state index contributed by atoms with van der Waals surface area (Å²) >= 11 is 0. The first-order valence-electron chi connectivity index (χ1n) is 7.05. The molecule has 114 valence electrons. The summed E-state index contributed by atoms with van der Waals surface area (Å²) < 4.78 is 4.87. The van der Waals surface area contributed by atoms with Gasteiger partial charge in [0.2, 0.25) is 0 Å². The lowest BCUT2D eigenvalue weighted by atomic mass is 9.92. The van der Waals surface area contributed by atoms with Gasteiger partial charge in [-0.05, 0) is 24.6 Å². The van der Waals surface area contributed by atoms with Crippen LogP contribution >= 0.6 is 0 Å². The molecule has 0 aliphatic rings. The van der Waals surface area contributed by atoms with Gasteiger partial charge in [-0.1, -0.05) is 48.5 Å². The molecule has 2 aromatic carbocycles. The lowest BCUT2D eigenvalue weighted by Gasteiger charge is -2.28. The first kappa shape index (κ1) is 15.8. The second-order valence-corrected chi connectivity index (χ2v) is 5.31. The van der Waals surface area contributed by atoms with Crippen LogP contribution in [-0.2, 0) is 16.0 Å². The van der Waals surface area contributed by atoms with E-state index >= 15 is 0 Å². The molecule has 0 saturated carbocycles. The highest BCUT2D eigenvalue weighted by atomic mass is 16.5. The first-order chi connectivity index (χ1) is 10.5. The van der Waals surface area contributed by atoms with Crippen molar-refractivity contribution in [3.05, 3.63) is 71.8 Å². The third-order valence-corrected chi connectivity index (χ3v) is 3.46. The zero-order chi connectivity index (χ0) is 16.0.